The second-order valence-electron chi connectivity index (χ2n) is 2.95. The summed E-state index contributed by atoms with van der Waals surface area (Å²) in [6.07, 6.45) is -1.83. The lowest BCUT2D eigenvalue weighted by atomic mass is 10.1. The van der Waals surface area contributed by atoms with Gasteiger partial charge in [-0.2, -0.15) is 0 Å². The number of hydrogen-bond acceptors (Lipinski definition) is 3. The molecule has 0 saturated carbocycles. The van der Waals surface area contributed by atoms with E-state index in [1.165, 1.54) is 6.20 Å². The van der Waals surface area contributed by atoms with E-state index in [0.29, 0.717) is 5.56 Å². The molecule has 3 N–H and O–H groups in total. The molecule has 0 unspecified atom stereocenters. The normalized spacial score (nSPS) is 10.7. The van der Waals surface area contributed by atoms with Crippen LogP contribution in [-0.4, -0.2) is 16.1 Å². The molecule has 0 aliphatic rings. The van der Waals surface area contributed by atoms with Crippen LogP contribution in [0.2, 0.25) is 0 Å². The van der Waals surface area contributed by atoms with Gasteiger partial charge in [-0.3, -0.25) is 9.78 Å². The Bertz CT molecular complexity index is 369. The molecule has 15 heavy (non-hydrogen) atoms. The summed E-state index contributed by atoms with van der Waals surface area (Å²) >= 11 is 0. The summed E-state index contributed by atoms with van der Waals surface area (Å²) < 4.78 is 24.6. The maximum Gasteiger partial charge on any atom is 0.307 e. The molecule has 0 saturated heterocycles. The Morgan fingerprint density at radius 2 is 2.20 bits per heavy atom. The lowest BCUT2D eigenvalue weighted by Crippen LogP contribution is -2.09. The number of halogens is 2. The molecule has 0 radical (unpaired) electrons. The zero-order valence-electron chi connectivity index (χ0n) is 7.78. The van der Waals surface area contributed by atoms with Gasteiger partial charge in [0.25, 0.3) is 6.43 Å². The van der Waals surface area contributed by atoms with Gasteiger partial charge in [0.1, 0.15) is 5.69 Å². The monoisotopic (exact) mass is 216 g/mol. The van der Waals surface area contributed by atoms with Crippen LogP contribution < -0.4 is 5.73 Å². The molecular weight excluding hydrogens is 206 g/mol. The van der Waals surface area contributed by atoms with Crippen molar-refractivity contribution in [3.63, 3.8) is 0 Å². The highest BCUT2D eigenvalue weighted by molar-refractivity contribution is 5.70. The van der Waals surface area contributed by atoms with Crippen molar-refractivity contribution in [1.29, 1.82) is 0 Å². The Morgan fingerprint density at radius 3 is 2.67 bits per heavy atom. The largest absolute Gasteiger partial charge is 0.481 e. The quantitative estimate of drug-likeness (QED) is 0.790. The summed E-state index contributed by atoms with van der Waals surface area (Å²) in [5.41, 5.74) is 5.67. The Labute approximate surface area is 84.7 Å². The standard InChI is InChI=1S/C9H10F2N2O2/c10-9(11)7-1-5(2-8(14)15)6(3-12)4-13-7/h1,4,9H,2-3,12H2,(H,14,15). The van der Waals surface area contributed by atoms with Crippen LogP contribution in [0.1, 0.15) is 23.2 Å². The minimum absolute atomic E-state index is 0.0825. The van der Waals surface area contributed by atoms with Crippen LogP contribution in [0.15, 0.2) is 12.3 Å². The fourth-order valence-electron chi connectivity index (χ4n) is 1.17. The maximum atomic E-state index is 12.3. The summed E-state index contributed by atoms with van der Waals surface area (Å²) in [5.74, 6) is -1.09. The van der Waals surface area contributed by atoms with Gasteiger partial charge < -0.3 is 10.8 Å². The van der Waals surface area contributed by atoms with Crippen molar-refractivity contribution < 1.29 is 18.7 Å². The molecule has 1 aromatic heterocycles. The third-order valence-corrected chi connectivity index (χ3v) is 1.89. The zero-order valence-corrected chi connectivity index (χ0v) is 7.78. The molecular formula is C9H10F2N2O2. The Kier molecular flexibility index (Phi) is 3.68. The summed E-state index contributed by atoms with van der Waals surface area (Å²) in [7, 11) is 0. The van der Waals surface area contributed by atoms with Gasteiger partial charge in [0.05, 0.1) is 6.42 Å². The van der Waals surface area contributed by atoms with Gasteiger partial charge in [-0.1, -0.05) is 0 Å². The molecule has 0 aromatic carbocycles. The fourth-order valence-corrected chi connectivity index (χ4v) is 1.17. The molecule has 0 fully saturated rings. The number of carbonyl (C=O) groups is 1. The number of carboxylic acid groups (broad SMARTS) is 1. The van der Waals surface area contributed by atoms with E-state index in [1.54, 1.807) is 0 Å². The summed E-state index contributed by atoms with van der Waals surface area (Å²) in [4.78, 5) is 14.0. The van der Waals surface area contributed by atoms with Crippen molar-refractivity contribution in [3.05, 3.63) is 29.1 Å². The van der Waals surface area contributed by atoms with Crippen molar-refractivity contribution in [2.45, 2.75) is 19.4 Å². The molecule has 6 heteroatoms. The molecule has 0 spiro atoms. The highest BCUT2D eigenvalue weighted by Crippen LogP contribution is 2.19. The van der Waals surface area contributed by atoms with E-state index in [-0.39, 0.29) is 18.5 Å². The van der Waals surface area contributed by atoms with Gasteiger partial charge in [0.15, 0.2) is 0 Å². The first-order chi connectivity index (χ1) is 7.04. The van der Waals surface area contributed by atoms with Crippen LogP contribution in [0.3, 0.4) is 0 Å². The lowest BCUT2D eigenvalue weighted by Gasteiger charge is -2.07. The van der Waals surface area contributed by atoms with E-state index < -0.39 is 18.1 Å². The van der Waals surface area contributed by atoms with Crippen LogP contribution in [0, 0.1) is 0 Å². The third-order valence-electron chi connectivity index (χ3n) is 1.89. The number of carboxylic acids is 1. The van der Waals surface area contributed by atoms with E-state index in [0.717, 1.165) is 6.07 Å². The first kappa shape index (κ1) is 11.5. The molecule has 0 bridgehead atoms. The van der Waals surface area contributed by atoms with Crippen LogP contribution in [0.5, 0.6) is 0 Å². The predicted molar refractivity (Wildman–Crippen MR) is 48.4 cm³/mol. The number of rotatable bonds is 4. The van der Waals surface area contributed by atoms with Crippen LogP contribution in [0.4, 0.5) is 8.78 Å². The molecule has 82 valence electrons. The van der Waals surface area contributed by atoms with Crippen LogP contribution >= 0.6 is 0 Å². The minimum atomic E-state index is -2.70. The number of nitrogens with zero attached hydrogens (tertiary/aromatic N) is 1. The summed E-state index contributed by atoms with van der Waals surface area (Å²) in [5, 5.41) is 8.57. The smallest absolute Gasteiger partial charge is 0.307 e. The van der Waals surface area contributed by atoms with Crippen LogP contribution in [0.25, 0.3) is 0 Å². The number of pyridine rings is 1. The summed E-state index contributed by atoms with van der Waals surface area (Å²) in [6.45, 7) is 0.0825. The number of aromatic nitrogens is 1. The number of hydrogen-bond donors (Lipinski definition) is 2. The van der Waals surface area contributed by atoms with Crippen molar-refractivity contribution in [1.82, 2.24) is 4.98 Å². The molecule has 1 aromatic rings. The van der Waals surface area contributed by atoms with Crippen molar-refractivity contribution in [2.75, 3.05) is 0 Å². The van der Waals surface area contributed by atoms with Gasteiger partial charge >= 0.3 is 5.97 Å². The van der Waals surface area contributed by atoms with E-state index in [9.17, 15) is 13.6 Å². The molecule has 0 amide bonds. The second kappa shape index (κ2) is 4.79. The molecule has 0 aliphatic carbocycles. The minimum Gasteiger partial charge on any atom is -0.481 e. The van der Waals surface area contributed by atoms with Gasteiger partial charge in [-0.25, -0.2) is 8.78 Å². The molecule has 4 nitrogen and oxygen atoms in total. The van der Waals surface area contributed by atoms with E-state index in [4.69, 9.17) is 10.8 Å². The lowest BCUT2D eigenvalue weighted by molar-refractivity contribution is -0.136. The average molecular weight is 216 g/mol. The average Bonchev–Trinajstić information content (AvgIpc) is 2.16. The second-order valence-corrected chi connectivity index (χ2v) is 2.95. The van der Waals surface area contributed by atoms with E-state index in [2.05, 4.69) is 4.98 Å². The first-order valence-electron chi connectivity index (χ1n) is 4.22. The van der Waals surface area contributed by atoms with E-state index >= 15 is 0 Å². The van der Waals surface area contributed by atoms with Crippen LogP contribution in [-0.2, 0) is 17.8 Å². The Hall–Kier alpha value is -1.56. The first-order valence-corrected chi connectivity index (χ1v) is 4.22. The molecule has 1 heterocycles. The van der Waals surface area contributed by atoms with Gasteiger partial charge in [-0.15, -0.1) is 0 Å². The Morgan fingerprint density at radius 1 is 1.53 bits per heavy atom. The molecule has 1 rings (SSSR count). The number of alkyl halides is 2. The topological polar surface area (TPSA) is 76.2 Å². The molecule has 0 aliphatic heterocycles. The van der Waals surface area contributed by atoms with Gasteiger partial charge in [0.2, 0.25) is 0 Å². The zero-order chi connectivity index (χ0) is 11.4. The highest BCUT2D eigenvalue weighted by atomic mass is 19.3. The predicted octanol–water partition coefficient (Wildman–Crippen LogP) is 1.10. The fraction of sp³-hybridized carbons (Fsp3) is 0.333. The highest BCUT2D eigenvalue weighted by Gasteiger charge is 2.13. The maximum absolute atomic E-state index is 12.3. The third kappa shape index (κ3) is 2.95. The van der Waals surface area contributed by atoms with Gasteiger partial charge in [0, 0.05) is 12.7 Å². The number of aliphatic carboxylic acids is 1. The van der Waals surface area contributed by atoms with Crippen molar-refractivity contribution in [2.24, 2.45) is 5.73 Å². The van der Waals surface area contributed by atoms with Crippen molar-refractivity contribution >= 4 is 5.97 Å². The summed E-state index contributed by atoms with van der Waals surface area (Å²) in [6, 6.07) is 1.08. The van der Waals surface area contributed by atoms with E-state index in [1.807, 2.05) is 0 Å². The van der Waals surface area contributed by atoms with Crippen molar-refractivity contribution in [3.8, 4) is 0 Å². The Balaban J connectivity index is 3.07. The number of nitrogens with two attached hydrogens (primary N) is 1. The SMILES string of the molecule is NCc1cnc(C(F)F)cc1CC(=O)O. The van der Waals surface area contributed by atoms with Gasteiger partial charge in [-0.05, 0) is 17.2 Å². The molecule has 0 atom stereocenters.